The summed E-state index contributed by atoms with van der Waals surface area (Å²) < 4.78 is 30.5. The van der Waals surface area contributed by atoms with E-state index >= 15 is 0 Å². The number of ether oxygens (including phenoxy) is 5. The van der Waals surface area contributed by atoms with Crippen LogP contribution in [0, 0.1) is 5.92 Å². The van der Waals surface area contributed by atoms with E-state index in [1.54, 1.807) is 32.2 Å². The molecule has 0 radical (unpaired) electrons. The number of ketones is 2. The second-order valence-electron chi connectivity index (χ2n) is 10.9. The van der Waals surface area contributed by atoms with Gasteiger partial charge in [-0.05, 0) is 24.1 Å². The Morgan fingerprint density at radius 1 is 0.886 bits per heavy atom. The van der Waals surface area contributed by atoms with Crippen molar-refractivity contribution in [3.8, 4) is 28.7 Å². The van der Waals surface area contributed by atoms with Gasteiger partial charge in [-0.25, -0.2) is 4.79 Å². The van der Waals surface area contributed by atoms with E-state index in [4.69, 9.17) is 35.3 Å². The molecule has 1 N–H and O–H groups in total. The first-order chi connectivity index (χ1) is 21.0. The van der Waals surface area contributed by atoms with Gasteiger partial charge in [-0.15, -0.1) is 0 Å². The van der Waals surface area contributed by atoms with Crippen LogP contribution in [0.4, 0.5) is 5.82 Å². The van der Waals surface area contributed by atoms with Crippen molar-refractivity contribution in [2.45, 2.75) is 24.9 Å². The zero-order chi connectivity index (χ0) is 31.8. The highest BCUT2D eigenvalue weighted by atomic mass is 35.5. The predicted octanol–water partition coefficient (Wildman–Crippen LogP) is 3.21. The predicted molar refractivity (Wildman–Crippen MR) is 160 cm³/mol. The highest BCUT2D eigenvalue weighted by molar-refractivity contribution is 6.36. The van der Waals surface area contributed by atoms with E-state index in [9.17, 15) is 19.2 Å². The third kappa shape index (κ3) is 3.69. The van der Waals surface area contributed by atoms with Crippen LogP contribution < -0.4 is 40.3 Å². The highest BCUT2D eigenvalue weighted by Crippen LogP contribution is 2.56. The Kier molecular flexibility index (Phi) is 6.80. The zero-order valence-corrected chi connectivity index (χ0v) is 25.9. The van der Waals surface area contributed by atoms with E-state index in [0.29, 0.717) is 22.8 Å². The summed E-state index contributed by atoms with van der Waals surface area (Å²) in [6.45, 7) is 1.73. The number of carbonyl (C=O) groups excluding carboxylic acids is 2. The number of rotatable bonds is 5. The largest absolute Gasteiger partial charge is 0.496 e. The maximum atomic E-state index is 15.0. The van der Waals surface area contributed by atoms with Gasteiger partial charge in [0, 0.05) is 43.3 Å². The Morgan fingerprint density at radius 2 is 1.55 bits per heavy atom. The molecule has 12 nitrogen and oxygen atoms in total. The lowest BCUT2D eigenvalue weighted by molar-refractivity contribution is -0.130. The molecule has 3 aliphatic rings. The Labute approximate surface area is 256 Å². The highest BCUT2D eigenvalue weighted by Gasteiger charge is 2.63. The number of benzene rings is 2. The normalized spacial score (nSPS) is 21.7. The number of hydrogen-bond donors (Lipinski definition) is 1. The molecule has 1 aromatic heterocycles. The number of nitrogens with one attached hydrogen (secondary N) is 1. The fourth-order valence-corrected chi connectivity index (χ4v) is 6.82. The average Bonchev–Trinajstić information content (AvgIpc) is 3.35. The number of carbonyl (C=O) groups is 2. The van der Waals surface area contributed by atoms with Crippen molar-refractivity contribution in [2.24, 2.45) is 20.0 Å². The van der Waals surface area contributed by atoms with Gasteiger partial charge in [0.25, 0.3) is 5.56 Å². The minimum atomic E-state index is -2.01. The summed E-state index contributed by atoms with van der Waals surface area (Å²) in [6, 6.07) is 6.52. The summed E-state index contributed by atoms with van der Waals surface area (Å²) in [7, 11) is 8.69. The van der Waals surface area contributed by atoms with Crippen LogP contribution in [0.1, 0.15) is 40.7 Å². The molecule has 1 aliphatic carbocycles. The van der Waals surface area contributed by atoms with Gasteiger partial charge in [0.05, 0.1) is 34.0 Å². The molecular weight excluding hydrogens is 594 g/mol. The molecule has 3 heterocycles. The van der Waals surface area contributed by atoms with Crippen molar-refractivity contribution >= 4 is 29.0 Å². The SMILES string of the molecule is COc1ccc(C2C3=C(C[C@@H](C)[C@]4(Oc5c(Cl)c(OC)cc(OC)c5C4=O)C3=O)Nc3c2c(=O)n(C)c(=O)n3C)cc1OC. The Hall–Kier alpha value is -4.71. The van der Waals surface area contributed by atoms with Gasteiger partial charge in [-0.3, -0.25) is 23.5 Å². The van der Waals surface area contributed by atoms with Crippen molar-refractivity contribution in [3.05, 3.63) is 78.1 Å². The van der Waals surface area contributed by atoms with Gasteiger partial charge in [0.15, 0.2) is 17.2 Å². The van der Waals surface area contributed by atoms with Gasteiger partial charge in [-0.2, -0.15) is 0 Å². The van der Waals surface area contributed by atoms with Crippen LogP contribution in [0.2, 0.25) is 5.02 Å². The Bertz CT molecular complexity index is 1940. The van der Waals surface area contributed by atoms with Crippen LogP contribution >= 0.6 is 11.6 Å². The number of fused-ring (bicyclic) bond motifs is 2. The molecule has 2 aliphatic heterocycles. The van der Waals surface area contributed by atoms with Crippen LogP contribution in [0.3, 0.4) is 0 Å². The second kappa shape index (κ2) is 10.2. The van der Waals surface area contributed by atoms with Crippen LogP contribution in [0.15, 0.2) is 45.1 Å². The molecule has 3 atom stereocenters. The summed E-state index contributed by atoms with van der Waals surface area (Å²) in [5.41, 5.74) is -1.83. The molecule has 230 valence electrons. The van der Waals surface area contributed by atoms with Crippen molar-refractivity contribution in [2.75, 3.05) is 33.8 Å². The second-order valence-corrected chi connectivity index (χ2v) is 11.3. The van der Waals surface area contributed by atoms with E-state index in [-0.39, 0.29) is 51.2 Å². The smallest absolute Gasteiger partial charge is 0.332 e. The molecular formula is C31H30ClN3O9. The monoisotopic (exact) mass is 623 g/mol. The Morgan fingerprint density at radius 3 is 2.18 bits per heavy atom. The molecule has 2 aromatic carbocycles. The van der Waals surface area contributed by atoms with Crippen molar-refractivity contribution < 1.29 is 33.3 Å². The average molecular weight is 624 g/mol. The Balaban J connectivity index is 1.63. The topological polar surface area (TPSA) is 136 Å². The van der Waals surface area contributed by atoms with Gasteiger partial charge < -0.3 is 29.0 Å². The molecule has 0 saturated heterocycles. The van der Waals surface area contributed by atoms with E-state index in [0.717, 1.165) is 4.57 Å². The zero-order valence-electron chi connectivity index (χ0n) is 25.1. The number of aromatic nitrogens is 2. The summed E-state index contributed by atoms with van der Waals surface area (Å²) in [6.07, 6.45) is 0.171. The van der Waals surface area contributed by atoms with E-state index in [1.165, 1.54) is 46.1 Å². The molecule has 1 unspecified atom stereocenters. The molecule has 0 bridgehead atoms. The number of Topliss-reactive ketones (excluding diaryl/α,β-unsaturated/α-hetero) is 2. The number of hydrogen-bond acceptors (Lipinski definition) is 10. The lowest BCUT2D eigenvalue weighted by atomic mass is 9.66. The van der Waals surface area contributed by atoms with E-state index in [2.05, 4.69) is 5.32 Å². The van der Waals surface area contributed by atoms with Gasteiger partial charge >= 0.3 is 5.69 Å². The fraction of sp³-hybridized carbons (Fsp3) is 0.355. The molecule has 3 aromatic rings. The van der Waals surface area contributed by atoms with Crippen LogP contribution in [-0.2, 0) is 18.9 Å². The van der Waals surface area contributed by atoms with E-state index < -0.39 is 40.3 Å². The lowest BCUT2D eigenvalue weighted by Gasteiger charge is -2.42. The lowest BCUT2D eigenvalue weighted by Crippen LogP contribution is -2.58. The fourth-order valence-electron chi connectivity index (χ4n) is 6.55. The van der Waals surface area contributed by atoms with Crippen LogP contribution in [0.25, 0.3) is 0 Å². The number of allylic oxidation sites excluding steroid dienone is 1. The quantitative estimate of drug-likeness (QED) is 0.422. The molecule has 44 heavy (non-hydrogen) atoms. The maximum absolute atomic E-state index is 15.0. The maximum Gasteiger partial charge on any atom is 0.332 e. The third-order valence-corrected chi connectivity index (χ3v) is 9.17. The first kappa shape index (κ1) is 29.4. The molecule has 13 heteroatoms. The summed E-state index contributed by atoms with van der Waals surface area (Å²) >= 11 is 6.61. The van der Waals surface area contributed by atoms with Crippen LogP contribution in [-0.4, -0.2) is 54.7 Å². The molecule has 0 saturated carbocycles. The van der Waals surface area contributed by atoms with Crippen molar-refractivity contribution in [1.82, 2.24) is 9.13 Å². The first-order valence-corrected chi connectivity index (χ1v) is 14.1. The summed E-state index contributed by atoms with van der Waals surface area (Å²) in [5.74, 6) is -1.54. The van der Waals surface area contributed by atoms with Crippen molar-refractivity contribution in [1.29, 1.82) is 0 Å². The number of halogens is 1. The van der Waals surface area contributed by atoms with Crippen LogP contribution in [0.5, 0.6) is 28.7 Å². The van der Waals surface area contributed by atoms with E-state index in [1.807, 2.05) is 0 Å². The minimum absolute atomic E-state index is 0.0118. The van der Waals surface area contributed by atoms with Gasteiger partial charge in [-0.1, -0.05) is 24.6 Å². The molecule has 0 amide bonds. The minimum Gasteiger partial charge on any atom is -0.496 e. The number of methoxy groups -OCH3 is 4. The molecule has 1 spiro atoms. The summed E-state index contributed by atoms with van der Waals surface area (Å²) in [5, 5.41) is 3.23. The first-order valence-electron chi connectivity index (χ1n) is 13.7. The number of nitrogens with zero attached hydrogens (tertiary/aromatic N) is 2. The third-order valence-electron chi connectivity index (χ3n) is 8.82. The van der Waals surface area contributed by atoms with Gasteiger partial charge in [0.2, 0.25) is 17.2 Å². The van der Waals surface area contributed by atoms with Crippen molar-refractivity contribution in [3.63, 3.8) is 0 Å². The summed E-state index contributed by atoms with van der Waals surface area (Å²) in [4.78, 5) is 56.1. The number of anilines is 1. The standard InChI is InChI=1S/C31H30ClN3O9/c1-13-10-15-21(26(36)31(13)27(37)22-18(42-6)12-19(43-7)24(32)25(22)44-31)20(14-8-9-16(40-4)17(11-14)41-5)23-28(33-15)34(2)30(39)35(3)29(23)38/h8-9,11-13,20,33H,10H2,1-7H3/t13-,20?,31+/m1/s1. The van der Waals surface area contributed by atoms with Gasteiger partial charge in [0.1, 0.15) is 27.9 Å². The molecule has 0 fully saturated rings. The molecule has 6 rings (SSSR count).